The minimum absolute atomic E-state index is 0.0308. The van der Waals surface area contributed by atoms with Gasteiger partial charge in [-0.2, -0.15) is 17.0 Å². The normalized spacial score (nSPS) is 12.2. The van der Waals surface area contributed by atoms with Crippen molar-refractivity contribution in [2.24, 2.45) is 5.73 Å². The van der Waals surface area contributed by atoms with E-state index in [1.54, 1.807) is 13.8 Å². The Kier molecular flexibility index (Phi) is 6.95. The monoisotopic (exact) mass is 295 g/mol. The third-order valence-corrected chi connectivity index (χ3v) is 4.55. The van der Waals surface area contributed by atoms with Crippen LogP contribution in [-0.2, 0) is 24.5 Å². The van der Waals surface area contributed by atoms with Gasteiger partial charge in [0.1, 0.15) is 0 Å². The third kappa shape index (κ3) is 5.53. The van der Waals surface area contributed by atoms with E-state index >= 15 is 0 Å². The molecule has 0 atom stereocenters. The molecule has 0 aromatic heterocycles. The SMILES string of the molecule is COC(=O)CCN(C)S(=O)(=O)N(CC(N)=O)C(C)C. The first-order chi connectivity index (χ1) is 8.62. The van der Waals surface area contributed by atoms with Gasteiger partial charge in [-0.1, -0.05) is 0 Å². The molecule has 0 saturated carbocycles. The van der Waals surface area contributed by atoms with Gasteiger partial charge in [-0.3, -0.25) is 9.59 Å². The zero-order valence-corrected chi connectivity index (χ0v) is 12.4. The molecule has 0 aliphatic rings. The third-order valence-electron chi connectivity index (χ3n) is 2.44. The highest BCUT2D eigenvalue weighted by Crippen LogP contribution is 2.11. The zero-order valence-electron chi connectivity index (χ0n) is 11.6. The molecule has 19 heavy (non-hydrogen) atoms. The fourth-order valence-electron chi connectivity index (χ4n) is 1.33. The summed E-state index contributed by atoms with van der Waals surface area (Å²) in [5.41, 5.74) is 5.03. The molecular formula is C10H21N3O5S. The van der Waals surface area contributed by atoms with Crippen LogP contribution in [0.3, 0.4) is 0 Å². The van der Waals surface area contributed by atoms with Crippen LogP contribution < -0.4 is 5.73 Å². The van der Waals surface area contributed by atoms with Gasteiger partial charge in [-0.25, -0.2) is 0 Å². The van der Waals surface area contributed by atoms with Crippen molar-refractivity contribution in [2.45, 2.75) is 26.3 Å². The van der Waals surface area contributed by atoms with Gasteiger partial charge in [0.05, 0.1) is 20.1 Å². The van der Waals surface area contributed by atoms with E-state index in [0.29, 0.717) is 0 Å². The fraction of sp³-hybridized carbons (Fsp3) is 0.800. The highest BCUT2D eigenvalue weighted by atomic mass is 32.2. The Bertz CT molecular complexity index is 421. The van der Waals surface area contributed by atoms with Gasteiger partial charge in [0.2, 0.25) is 5.91 Å². The largest absolute Gasteiger partial charge is 0.469 e. The standard InChI is InChI=1S/C10H21N3O5S/c1-8(2)13(7-9(11)14)19(16,17)12(3)6-5-10(15)18-4/h8H,5-7H2,1-4H3,(H2,11,14). The van der Waals surface area contributed by atoms with Crippen molar-refractivity contribution in [3.8, 4) is 0 Å². The minimum atomic E-state index is -3.84. The summed E-state index contributed by atoms with van der Waals surface area (Å²) in [6.07, 6.45) is -0.0608. The Labute approximate surface area is 113 Å². The molecule has 0 saturated heterocycles. The molecule has 0 aromatic rings. The zero-order chi connectivity index (χ0) is 15.2. The summed E-state index contributed by atoms with van der Waals surface area (Å²) in [7, 11) is -1.29. The Hall–Kier alpha value is -1.19. The van der Waals surface area contributed by atoms with Gasteiger partial charge in [-0.15, -0.1) is 0 Å². The molecule has 2 N–H and O–H groups in total. The van der Waals surface area contributed by atoms with Gasteiger partial charge < -0.3 is 10.5 Å². The number of methoxy groups -OCH3 is 1. The smallest absolute Gasteiger partial charge is 0.306 e. The number of nitrogens with zero attached hydrogens (tertiary/aromatic N) is 2. The van der Waals surface area contributed by atoms with Crippen LogP contribution >= 0.6 is 0 Å². The number of rotatable bonds is 8. The number of carbonyl (C=O) groups is 2. The molecule has 0 spiro atoms. The first-order valence-electron chi connectivity index (χ1n) is 5.71. The molecule has 0 aliphatic heterocycles. The van der Waals surface area contributed by atoms with Gasteiger partial charge in [0.25, 0.3) is 10.2 Å². The topological polar surface area (TPSA) is 110 Å². The van der Waals surface area contributed by atoms with Crippen molar-refractivity contribution < 1.29 is 22.7 Å². The van der Waals surface area contributed by atoms with E-state index < -0.39 is 34.7 Å². The van der Waals surface area contributed by atoms with E-state index in [9.17, 15) is 18.0 Å². The number of hydrogen-bond acceptors (Lipinski definition) is 5. The highest BCUT2D eigenvalue weighted by molar-refractivity contribution is 7.86. The Morgan fingerprint density at radius 2 is 1.84 bits per heavy atom. The number of amides is 1. The molecule has 8 nitrogen and oxygen atoms in total. The first-order valence-corrected chi connectivity index (χ1v) is 7.10. The van der Waals surface area contributed by atoms with E-state index in [1.807, 2.05) is 0 Å². The summed E-state index contributed by atoms with van der Waals surface area (Å²) >= 11 is 0. The molecule has 0 aliphatic carbocycles. The number of nitrogens with two attached hydrogens (primary N) is 1. The van der Waals surface area contributed by atoms with Crippen LogP contribution in [0.4, 0.5) is 0 Å². The first kappa shape index (κ1) is 17.8. The van der Waals surface area contributed by atoms with Gasteiger partial charge in [0.15, 0.2) is 0 Å². The molecule has 9 heteroatoms. The van der Waals surface area contributed by atoms with Gasteiger partial charge >= 0.3 is 5.97 Å². The van der Waals surface area contributed by atoms with Crippen LogP contribution in [0.5, 0.6) is 0 Å². The lowest BCUT2D eigenvalue weighted by atomic mass is 10.4. The van der Waals surface area contributed by atoms with Crippen LogP contribution in [0.15, 0.2) is 0 Å². The van der Waals surface area contributed by atoms with Crippen molar-refractivity contribution in [3.05, 3.63) is 0 Å². The van der Waals surface area contributed by atoms with Crippen molar-refractivity contribution in [1.82, 2.24) is 8.61 Å². The lowest BCUT2D eigenvalue weighted by Crippen LogP contribution is -2.49. The Morgan fingerprint density at radius 3 is 2.21 bits per heavy atom. The van der Waals surface area contributed by atoms with Crippen molar-refractivity contribution in [2.75, 3.05) is 27.2 Å². The van der Waals surface area contributed by atoms with Gasteiger partial charge in [0, 0.05) is 19.6 Å². The maximum atomic E-state index is 12.2. The van der Waals surface area contributed by atoms with Crippen LogP contribution in [-0.4, -0.2) is 62.2 Å². The molecule has 112 valence electrons. The summed E-state index contributed by atoms with van der Waals surface area (Å²) in [5, 5.41) is 0. The predicted octanol–water partition coefficient (Wildman–Crippen LogP) is -1.08. The lowest BCUT2D eigenvalue weighted by Gasteiger charge is -2.29. The lowest BCUT2D eigenvalue weighted by molar-refractivity contribution is -0.140. The van der Waals surface area contributed by atoms with E-state index in [2.05, 4.69) is 4.74 Å². The Balaban J connectivity index is 4.89. The quantitative estimate of drug-likeness (QED) is 0.573. The summed E-state index contributed by atoms with van der Waals surface area (Å²) < 4.78 is 30.8. The molecule has 0 heterocycles. The van der Waals surface area contributed by atoms with Crippen LogP contribution in [0.25, 0.3) is 0 Å². The molecule has 0 rings (SSSR count). The van der Waals surface area contributed by atoms with Crippen molar-refractivity contribution in [1.29, 1.82) is 0 Å². The summed E-state index contributed by atoms with van der Waals surface area (Å²) in [6.45, 7) is 2.84. The summed E-state index contributed by atoms with van der Waals surface area (Å²) in [5.74, 6) is -1.24. The van der Waals surface area contributed by atoms with E-state index in [4.69, 9.17) is 5.73 Å². The van der Waals surface area contributed by atoms with E-state index in [-0.39, 0.29) is 13.0 Å². The molecule has 0 unspecified atom stereocenters. The van der Waals surface area contributed by atoms with E-state index in [0.717, 1.165) is 8.61 Å². The number of esters is 1. The van der Waals surface area contributed by atoms with E-state index in [1.165, 1.54) is 14.2 Å². The van der Waals surface area contributed by atoms with Gasteiger partial charge in [-0.05, 0) is 13.8 Å². The second-order valence-electron chi connectivity index (χ2n) is 4.26. The number of hydrogen-bond donors (Lipinski definition) is 1. The average molecular weight is 295 g/mol. The number of primary amides is 1. The van der Waals surface area contributed by atoms with Crippen molar-refractivity contribution >= 4 is 22.1 Å². The molecule has 0 aromatic carbocycles. The van der Waals surface area contributed by atoms with Crippen molar-refractivity contribution in [3.63, 3.8) is 0 Å². The predicted molar refractivity (Wildman–Crippen MR) is 69.2 cm³/mol. The summed E-state index contributed by atoms with van der Waals surface area (Å²) in [4.78, 5) is 21.9. The second-order valence-corrected chi connectivity index (χ2v) is 6.25. The Morgan fingerprint density at radius 1 is 1.32 bits per heavy atom. The average Bonchev–Trinajstić information content (AvgIpc) is 2.31. The minimum Gasteiger partial charge on any atom is -0.469 e. The number of ether oxygens (including phenoxy) is 1. The fourth-order valence-corrected chi connectivity index (χ4v) is 2.83. The second kappa shape index (κ2) is 7.41. The van der Waals surface area contributed by atoms with Crippen LogP contribution in [0, 0.1) is 0 Å². The number of carbonyl (C=O) groups excluding carboxylic acids is 2. The highest BCUT2D eigenvalue weighted by Gasteiger charge is 2.30. The van der Waals surface area contributed by atoms with Crippen LogP contribution in [0.2, 0.25) is 0 Å². The maximum absolute atomic E-state index is 12.2. The molecule has 0 fully saturated rings. The summed E-state index contributed by atoms with van der Waals surface area (Å²) in [6, 6.07) is -0.418. The molecule has 0 bridgehead atoms. The van der Waals surface area contributed by atoms with Crippen LogP contribution in [0.1, 0.15) is 20.3 Å². The maximum Gasteiger partial charge on any atom is 0.306 e. The molecule has 0 radical (unpaired) electrons. The molecular weight excluding hydrogens is 274 g/mol. The molecule has 1 amide bonds.